The second-order valence-corrected chi connectivity index (χ2v) is 12.1. The summed E-state index contributed by atoms with van der Waals surface area (Å²) in [5.74, 6) is -0.996. The molecule has 2 amide bonds. The highest BCUT2D eigenvalue weighted by molar-refractivity contribution is 7.92. The number of amides is 2. The number of nitrogens with one attached hydrogen (secondary N) is 1. The van der Waals surface area contributed by atoms with E-state index < -0.39 is 27.4 Å². The molecule has 0 aromatic heterocycles. The average Bonchev–Trinajstić information content (AvgIpc) is 2.76. The zero-order valence-electron chi connectivity index (χ0n) is 21.4. The first-order valence-corrected chi connectivity index (χ1v) is 14.0. The number of anilines is 1. The molecule has 0 saturated carbocycles. The molecule has 36 heavy (non-hydrogen) atoms. The van der Waals surface area contributed by atoms with Crippen LogP contribution in [0, 0.1) is 5.82 Å². The van der Waals surface area contributed by atoms with Crippen LogP contribution >= 0.6 is 11.6 Å². The summed E-state index contributed by atoms with van der Waals surface area (Å²) in [7, 11) is -3.65. The fourth-order valence-electron chi connectivity index (χ4n) is 3.77. The lowest BCUT2D eigenvalue weighted by atomic mass is 10.0. The molecule has 198 valence electrons. The van der Waals surface area contributed by atoms with Crippen molar-refractivity contribution in [3.63, 3.8) is 0 Å². The van der Waals surface area contributed by atoms with Gasteiger partial charge in [-0.05, 0) is 75.6 Å². The van der Waals surface area contributed by atoms with E-state index in [1.54, 1.807) is 24.3 Å². The third kappa shape index (κ3) is 9.09. The molecule has 1 atom stereocenters. The van der Waals surface area contributed by atoms with Crippen LogP contribution in [0.5, 0.6) is 0 Å². The van der Waals surface area contributed by atoms with Gasteiger partial charge in [0.25, 0.3) is 0 Å². The van der Waals surface area contributed by atoms with Crippen LogP contribution in [0.15, 0.2) is 48.5 Å². The van der Waals surface area contributed by atoms with Crippen molar-refractivity contribution >= 4 is 39.1 Å². The Morgan fingerprint density at radius 3 is 2.14 bits per heavy atom. The Morgan fingerprint density at radius 2 is 1.64 bits per heavy atom. The van der Waals surface area contributed by atoms with Gasteiger partial charge in [0.15, 0.2) is 0 Å². The molecule has 2 rings (SSSR count). The summed E-state index contributed by atoms with van der Waals surface area (Å²) >= 11 is 6.00. The molecule has 0 aliphatic rings. The first-order valence-electron chi connectivity index (χ1n) is 11.8. The molecule has 2 aromatic rings. The Kier molecular flexibility index (Phi) is 10.3. The van der Waals surface area contributed by atoms with E-state index in [1.807, 2.05) is 27.7 Å². The molecule has 2 aromatic carbocycles. The lowest BCUT2D eigenvalue weighted by molar-refractivity contribution is -0.142. The van der Waals surface area contributed by atoms with Gasteiger partial charge in [0.2, 0.25) is 21.8 Å². The summed E-state index contributed by atoms with van der Waals surface area (Å²) in [4.78, 5) is 28.0. The van der Waals surface area contributed by atoms with Crippen molar-refractivity contribution in [1.82, 2.24) is 10.2 Å². The Balaban J connectivity index is 2.22. The van der Waals surface area contributed by atoms with Gasteiger partial charge in [0, 0.05) is 30.1 Å². The molecule has 0 aliphatic carbocycles. The summed E-state index contributed by atoms with van der Waals surface area (Å²) < 4.78 is 39.1. The first-order chi connectivity index (χ1) is 16.7. The van der Waals surface area contributed by atoms with E-state index in [2.05, 4.69) is 5.32 Å². The molecule has 0 bridgehead atoms. The summed E-state index contributed by atoms with van der Waals surface area (Å²) in [5.41, 5.74) is 0.671. The van der Waals surface area contributed by atoms with E-state index in [0.29, 0.717) is 17.1 Å². The van der Waals surface area contributed by atoms with Crippen LogP contribution in [-0.4, -0.2) is 49.5 Å². The smallest absolute Gasteiger partial charge is 0.243 e. The molecule has 0 heterocycles. The third-order valence-corrected chi connectivity index (χ3v) is 6.86. The number of carbonyl (C=O) groups is 2. The highest BCUT2D eigenvalue weighted by atomic mass is 35.5. The summed E-state index contributed by atoms with van der Waals surface area (Å²) in [6.45, 7) is 7.71. The van der Waals surface area contributed by atoms with Gasteiger partial charge in [-0.15, -0.1) is 0 Å². The standard InChI is InChI=1S/C26H35ClFN3O4S/c1-6-23(25(33)29-26(2,3)4)30(18-19-9-11-20(27)12-10-19)24(32)8-7-17-31(36(5,34)35)22-15-13-21(28)14-16-22/h9-16,23H,6-8,17-18H2,1-5H3,(H,29,33)/t23-/m1/s1. The molecule has 1 N–H and O–H groups in total. The average molecular weight is 540 g/mol. The van der Waals surface area contributed by atoms with E-state index in [0.717, 1.165) is 16.1 Å². The van der Waals surface area contributed by atoms with Crippen molar-refractivity contribution in [3.8, 4) is 0 Å². The zero-order chi connectivity index (χ0) is 27.1. The molecule has 7 nitrogen and oxygen atoms in total. The fraction of sp³-hybridized carbons (Fsp3) is 0.462. The fourth-order valence-corrected chi connectivity index (χ4v) is 4.86. The van der Waals surface area contributed by atoms with Crippen molar-refractivity contribution < 1.29 is 22.4 Å². The number of halogens is 2. The number of sulfonamides is 1. The van der Waals surface area contributed by atoms with Crippen molar-refractivity contribution in [3.05, 3.63) is 64.9 Å². The molecule has 10 heteroatoms. The van der Waals surface area contributed by atoms with Gasteiger partial charge >= 0.3 is 0 Å². The predicted molar refractivity (Wildman–Crippen MR) is 142 cm³/mol. The minimum Gasteiger partial charge on any atom is -0.350 e. The van der Waals surface area contributed by atoms with Crippen molar-refractivity contribution in [1.29, 1.82) is 0 Å². The Morgan fingerprint density at radius 1 is 1.06 bits per heavy atom. The van der Waals surface area contributed by atoms with Gasteiger partial charge < -0.3 is 10.2 Å². The van der Waals surface area contributed by atoms with Crippen LogP contribution in [0.1, 0.15) is 52.5 Å². The number of hydrogen-bond donors (Lipinski definition) is 1. The summed E-state index contributed by atoms with van der Waals surface area (Å²) in [6.07, 6.45) is 1.72. The molecule has 0 fully saturated rings. The van der Waals surface area contributed by atoms with E-state index in [1.165, 1.54) is 29.2 Å². The number of hydrogen-bond acceptors (Lipinski definition) is 4. The number of benzene rings is 2. The molecule has 0 radical (unpaired) electrons. The van der Waals surface area contributed by atoms with Crippen molar-refractivity contribution in [2.45, 2.75) is 65.1 Å². The van der Waals surface area contributed by atoms with Gasteiger partial charge in [0.05, 0.1) is 11.9 Å². The Labute approximate surface area is 218 Å². The topological polar surface area (TPSA) is 86.8 Å². The number of carbonyl (C=O) groups excluding carboxylic acids is 2. The molecular weight excluding hydrogens is 505 g/mol. The van der Waals surface area contributed by atoms with Crippen LogP contribution in [0.25, 0.3) is 0 Å². The molecule has 0 spiro atoms. The normalized spacial score (nSPS) is 12.6. The second kappa shape index (κ2) is 12.5. The number of nitrogens with zero attached hydrogens (tertiary/aromatic N) is 2. The molecular formula is C26H35ClFN3O4S. The number of rotatable bonds is 11. The Bertz CT molecular complexity index is 1130. The van der Waals surface area contributed by atoms with E-state index in [-0.39, 0.29) is 37.7 Å². The van der Waals surface area contributed by atoms with Crippen LogP contribution in [0.4, 0.5) is 10.1 Å². The summed E-state index contributed by atoms with van der Waals surface area (Å²) in [5, 5.41) is 3.51. The van der Waals surface area contributed by atoms with E-state index in [9.17, 15) is 22.4 Å². The van der Waals surface area contributed by atoms with Crippen molar-refractivity contribution in [2.24, 2.45) is 0 Å². The monoisotopic (exact) mass is 539 g/mol. The largest absolute Gasteiger partial charge is 0.350 e. The van der Waals surface area contributed by atoms with Gasteiger partial charge in [0.1, 0.15) is 11.9 Å². The quantitative estimate of drug-likeness (QED) is 0.446. The minimum atomic E-state index is -3.65. The van der Waals surface area contributed by atoms with Crippen LogP contribution in [0.2, 0.25) is 5.02 Å². The van der Waals surface area contributed by atoms with Gasteiger partial charge in [-0.2, -0.15) is 0 Å². The molecule has 0 unspecified atom stereocenters. The summed E-state index contributed by atoms with van der Waals surface area (Å²) in [6, 6.07) is 11.5. The lowest BCUT2D eigenvalue weighted by Crippen LogP contribution is -2.53. The second-order valence-electron chi connectivity index (χ2n) is 9.73. The highest BCUT2D eigenvalue weighted by Crippen LogP contribution is 2.21. The third-order valence-electron chi connectivity index (χ3n) is 5.42. The zero-order valence-corrected chi connectivity index (χ0v) is 23.0. The highest BCUT2D eigenvalue weighted by Gasteiger charge is 2.30. The molecule has 0 aliphatic heterocycles. The maximum absolute atomic E-state index is 13.4. The van der Waals surface area contributed by atoms with E-state index in [4.69, 9.17) is 11.6 Å². The minimum absolute atomic E-state index is 0.0279. The van der Waals surface area contributed by atoms with Crippen LogP contribution in [-0.2, 0) is 26.2 Å². The van der Waals surface area contributed by atoms with Crippen molar-refractivity contribution in [2.75, 3.05) is 17.1 Å². The van der Waals surface area contributed by atoms with Crippen LogP contribution < -0.4 is 9.62 Å². The molecule has 0 saturated heterocycles. The maximum atomic E-state index is 13.4. The van der Waals surface area contributed by atoms with Crippen LogP contribution in [0.3, 0.4) is 0 Å². The van der Waals surface area contributed by atoms with Gasteiger partial charge in [-0.3, -0.25) is 13.9 Å². The lowest BCUT2D eigenvalue weighted by Gasteiger charge is -2.33. The SMILES string of the molecule is CC[C@H](C(=O)NC(C)(C)C)N(Cc1ccc(Cl)cc1)C(=O)CCCN(c1ccc(F)cc1)S(C)(=O)=O. The van der Waals surface area contributed by atoms with Gasteiger partial charge in [-0.1, -0.05) is 30.7 Å². The predicted octanol–water partition coefficient (Wildman–Crippen LogP) is 4.75. The Hall–Kier alpha value is -2.65. The van der Waals surface area contributed by atoms with Gasteiger partial charge in [-0.25, -0.2) is 12.8 Å². The maximum Gasteiger partial charge on any atom is 0.243 e. The first kappa shape index (κ1) is 29.6. The van der Waals surface area contributed by atoms with E-state index >= 15 is 0 Å².